The van der Waals surface area contributed by atoms with E-state index in [4.69, 9.17) is 28.9 Å². The van der Waals surface area contributed by atoms with Crippen LogP contribution < -0.4 is 5.73 Å². The van der Waals surface area contributed by atoms with E-state index in [9.17, 15) is 10.1 Å². The molecule has 0 bridgehead atoms. The highest BCUT2D eigenvalue weighted by Crippen LogP contribution is 2.27. The minimum Gasteiger partial charge on any atom is -0.320 e. The van der Waals surface area contributed by atoms with Gasteiger partial charge in [-0.3, -0.25) is 15.1 Å². The third kappa shape index (κ3) is 3.69. The van der Waals surface area contributed by atoms with Crippen molar-refractivity contribution >= 4 is 28.9 Å². The number of halogens is 2. The first-order chi connectivity index (χ1) is 9.79. The fraction of sp³-hybridized carbons (Fsp3) is 0.214. The molecule has 0 saturated carbocycles. The second-order valence-electron chi connectivity index (χ2n) is 5.00. The summed E-state index contributed by atoms with van der Waals surface area (Å²) in [4.78, 5) is 14.2. The van der Waals surface area contributed by atoms with Crippen LogP contribution in [0.5, 0.6) is 0 Å². The zero-order valence-corrected chi connectivity index (χ0v) is 12.7. The highest BCUT2D eigenvalue weighted by molar-refractivity contribution is 6.42. The molecule has 1 atom stereocenters. The summed E-state index contributed by atoms with van der Waals surface area (Å²) in [5.74, 6) is 0. The number of nitrogens with zero attached hydrogens (tertiary/aromatic N) is 2. The Morgan fingerprint density at radius 2 is 2.00 bits per heavy atom. The van der Waals surface area contributed by atoms with Crippen molar-refractivity contribution in [1.82, 2.24) is 4.98 Å². The third-order valence-electron chi connectivity index (χ3n) is 3.10. The molecule has 0 saturated heterocycles. The van der Waals surface area contributed by atoms with E-state index in [1.807, 2.05) is 13.0 Å². The molecule has 2 N–H and O–H groups in total. The monoisotopic (exact) mass is 325 g/mol. The van der Waals surface area contributed by atoms with Gasteiger partial charge in [0.15, 0.2) is 0 Å². The molecule has 21 heavy (non-hydrogen) atoms. The second kappa shape index (κ2) is 5.97. The quantitative estimate of drug-likeness (QED) is 0.686. The minimum absolute atomic E-state index is 0.0657. The summed E-state index contributed by atoms with van der Waals surface area (Å²) < 4.78 is 0. The van der Waals surface area contributed by atoms with Gasteiger partial charge in [-0.1, -0.05) is 29.3 Å². The van der Waals surface area contributed by atoms with Crippen LogP contribution in [0.15, 0.2) is 36.5 Å². The molecule has 7 heteroatoms. The maximum Gasteiger partial charge on any atom is 0.287 e. The Morgan fingerprint density at radius 1 is 1.29 bits per heavy atom. The van der Waals surface area contributed by atoms with Gasteiger partial charge in [-0.25, -0.2) is 0 Å². The topological polar surface area (TPSA) is 82.0 Å². The molecule has 0 aliphatic heterocycles. The van der Waals surface area contributed by atoms with Gasteiger partial charge in [0.25, 0.3) is 5.69 Å². The van der Waals surface area contributed by atoms with E-state index in [1.165, 1.54) is 12.3 Å². The molecule has 0 aliphatic rings. The first kappa shape index (κ1) is 15.7. The smallest absolute Gasteiger partial charge is 0.287 e. The summed E-state index contributed by atoms with van der Waals surface area (Å²) in [6, 6.07) is 8.25. The van der Waals surface area contributed by atoms with Gasteiger partial charge in [0, 0.05) is 6.07 Å². The number of hydrogen-bond donors (Lipinski definition) is 1. The van der Waals surface area contributed by atoms with E-state index in [-0.39, 0.29) is 5.69 Å². The largest absolute Gasteiger partial charge is 0.320 e. The summed E-state index contributed by atoms with van der Waals surface area (Å²) in [6.07, 6.45) is 1.68. The van der Waals surface area contributed by atoms with E-state index >= 15 is 0 Å². The molecule has 110 valence electrons. The molecule has 0 spiro atoms. The molecule has 1 unspecified atom stereocenters. The molecular weight excluding hydrogens is 313 g/mol. The normalized spacial score (nSPS) is 13.7. The summed E-state index contributed by atoms with van der Waals surface area (Å²) in [6.45, 7) is 1.81. The molecule has 1 aromatic heterocycles. The van der Waals surface area contributed by atoms with E-state index in [1.54, 1.807) is 18.2 Å². The fourth-order valence-corrected chi connectivity index (χ4v) is 2.32. The molecular formula is C14H13Cl2N3O2. The molecule has 0 radical (unpaired) electrons. The lowest BCUT2D eigenvalue weighted by atomic mass is 9.90. The second-order valence-corrected chi connectivity index (χ2v) is 5.82. The number of aromatic nitrogens is 1. The number of pyridine rings is 1. The van der Waals surface area contributed by atoms with E-state index in [0.29, 0.717) is 22.2 Å². The van der Waals surface area contributed by atoms with Crippen LogP contribution in [-0.2, 0) is 12.0 Å². The van der Waals surface area contributed by atoms with Crippen molar-refractivity contribution in [2.75, 3.05) is 0 Å². The summed E-state index contributed by atoms with van der Waals surface area (Å²) in [7, 11) is 0. The zero-order valence-electron chi connectivity index (χ0n) is 11.2. The fourth-order valence-electron chi connectivity index (χ4n) is 2.00. The van der Waals surface area contributed by atoms with Gasteiger partial charge in [-0.05, 0) is 37.1 Å². The number of nitrogens with two attached hydrogens (primary N) is 1. The van der Waals surface area contributed by atoms with Crippen LogP contribution in [0.1, 0.15) is 18.2 Å². The van der Waals surface area contributed by atoms with Gasteiger partial charge in [0.1, 0.15) is 6.20 Å². The molecule has 0 fully saturated rings. The Hall–Kier alpha value is -1.69. The average Bonchev–Trinajstić information content (AvgIpc) is 2.43. The number of rotatable bonds is 4. The predicted molar refractivity (Wildman–Crippen MR) is 82.6 cm³/mol. The van der Waals surface area contributed by atoms with Gasteiger partial charge in [-0.15, -0.1) is 0 Å². The van der Waals surface area contributed by atoms with Gasteiger partial charge in [0.05, 0.1) is 26.2 Å². The SMILES string of the molecule is CC(N)(Cc1ccc(Cl)c(Cl)c1)c1ccc([N+](=O)[O-])cn1. The molecule has 0 amide bonds. The Labute approximate surface area is 131 Å². The van der Waals surface area contributed by atoms with Crippen molar-refractivity contribution in [2.45, 2.75) is 18.9 Å². The maximum atomic E-state index is 10.6. The molecule has 1 aromatic carbocycles. The van der Waals surface area contributed by atoms with Crippen molar-refractivity contribution in [3.63, 3.8) is 0 Å². The van der Waals surface area contributed by atoms with E-state index in [0.717, 1.165) is 5.56 Å². The third-order valence-corrected chi connectivity index (χ3v) is 3.84. The molecule has 5 nitrogen and oxygen atoms in total. The molecule has 0 aliphatic carbocycles. The number of nitro groups is 1. The van der Waals surface area contributed by atoms with Gasteiger partial charge < -0.3 is 5.73 Å². The van der Waals surface area contributed by atoms with Gasteiger partial charge >= 0.3 is 0 Å². The lowest BCUT2D eigenvalue weighted by Crippen LogP contribution is -2.36. The van der Waals surface area contributed by atoms with E-state index < -0.39 is 10.5 Å². The lowest BCUT2D eigenvalue weighted by molar-refractivity contribution is -0.385. The molecule has 1 heterocycles. The van der Waals surface area contributed by atoms with Crippen molar-refractivity contribution in [3.8, 4) is 0 Å². The van der Waals surface area contributed by atoms with E-state index in [2.05, 4.69) is 4.98 Å². The first-order valence-electron chi connectivity index (χ1n) is 6.13. The highest BCUT2D eigenvalue weighted by Gasteiger charge is 2.24. The number of hydrogen-bond acceptors (Lipinski definition) is 4. The predicted octanol–water partition coefficient (Wildman–Crippen LogP) is 3.71. The molecule has 2 aromatic rings. The highest BCUT2D eigenvalue weighted by atomic mass is 35.5. The van der Waals surface area contributed by atoms with Crippen LogP contribution in [0, 0.1) is 10.1 Å². The minimum atomic E-state index is -0.772. The van der Waals surface area contributed by atoms with Crippen LogP contribution in [0.2, 0.25) is 10.0 Å². The van der Waals surface area contributed by atoms with Crippen LogP contribution in [0.3, 0.4) is 0 Å². The maximum absolute atomic E-state index is 10.6. The Bertz CT molecular complexity index is 672. The van der Waals surface area contributed by atoms with Crippen LogP contribution in [-0.4, -0.2) is 9.91 Å². The zero-order chi connectivity index (χ0) is 15.6. The Kier molecular flexibility index (Phi) is 4.46. The Balaban J connectivity index is 2.24. The average molecular weight is 326 g/mol. The van der Waals surface area contributed by atoms with Crippen molar-refractivity contribution in [2.24, 2.45) is 5.73 Å². The summed E-state index contributed by atoms with van der Waals surface area (Å²) in [5.41, 5.74) is 6.92. The lowest BCUT2D eigenvalue weighted by Gasteiger charge is -2.24. The van der Waals surface area contributed by atoms with Crippen molar-refractivity contribution in [3.05, 3.63) is 67.9 Å². The van der Waals surface area contributed by atoms with Gasteiger partial charge in [0.2, 0.25) is 0 Å². The van der Waals surface area contributed by atoms with Crippen LogP contribution >= 0.6 is 23.2 Å². The van der Waals surface area contributed by atoms with Crippen molar-refractivity contribution < 1.29 is 4.92 Å². The summed E-state index contributed by atoms with van der Waals surface area (Å²) >= 11 is 11.9. The summed E-state index contributed by atoms with van der Waals surface area (Å²) in [5, 5.41) is 11.6. The van der Waals surface area contributed by atoms with Gasteiger partial charge in [-0.2, -0.15) is 0 Å². The van der Waals surface area contributed by atoms with Crippen molar-refractivity contribution in [1.29, 1.82) is 0 Å². The Morgan fingerprint density at radius 3 is 2.52 bits per heavy atom. The first-order valence-corrected chi connectivity index (χ1v) is 6.89. The van der Waals surface area contributed by atoms with Crippen LogP contribution in [0.4, 0.5) is 5.69 Å². The standard InChI is InChI=1S/C14H13Cl2N3O2/c1-14(17,7-9-2-4-11(15)12(16)6-9)13-5-3-10(8-18-13)19(20)21/h2-6,8H,7,17H2,1H3. The number of benzene rings is 1. The van der Waals surface area contributed by atoms with Crippen LogP contribution in [0.25, 0.3) is 0 Å². The molecule has 2 rings (SSSR count).